The van der Waals surface area contributed by atoms with E-state index in [0.29, 0.717) is 24.3 Å². The number of unbranched alkanes of at least 4 members (excludes halogenated alkanes) is 2. The topological polar surface area (TPSA) is 55.4 Å². The van der Waals surface area contributed by atoms with Crippen LogP contribution in [0.5, 0.6) is 0 Å². The highest BCUT2D eigenvalue weighted by Gasteiger charge is 2.13. The molecule has 0 aliphatic heterocycles. The maximum absolute atomic E-state index is 11.8. The van der Waals surface area contributed by atoms with E-state index in [1.807, 2.05) is 0 Å². The number of esters is 1. The normalized spacial score (nSPS) is 10.0. The van der Waals surface area contributed by atoms with Crippen LogP contribution in [0, 0.1) is 0 Å². The van der Waals surface area contributed by atoms with Crippen molar-refractivity contribution in [2.45, 2.75) is 39.5 Å². The van der Waals surface area contributed by atoms with Gasteiger partial charge in [0.05, 0.1) is 17.9 Å². The van der Waals surface area contributed by atoms with Gasteiger partial charge in [0.25, 0.3) is 0 Å². The summed E-state index contributed by atoms with van der Waals surface area (Å²) in [5.74, 6) is -0.475. The third-order valence-corrected chi connectivity index (χ3v) is 2.70. The second-order valence-electron chi connectivity index (χ2n) is 4.27. The Morgan fingerprint density at radius 3 is 2.58 bits per heavy atom. The molecule has 19 heavy (non-hydrogen) atoms. The largest absolute Gasteiger partial charge is 0.462 e. The molecule has 104 valence electrons. The molecule has 0 fully saturated rings. The number of carbonyl (C=O) groups excluding carboxylic acids is 2. The number of benzene rings is 1. The fourth-order valence-electron chi connectivity index (χ4n) is 1.73. The van der Waals surface area contributed by atoms with Crippen LogP contribution < -0.4 is 5.32 Å². The van der Waals surface area contributed by atoms with E-state index < -0.39 is 5.97 Å². The Bertz CT molecular complexity index is 429. The molecule has 0 aromatic heterocycles. The molecule has 0 aliphatic rings. The molecule has 0 saturated heterocycles. The van der Waals surface area contributed by atoms with Crippen LogP contribution in [0.2, 0.25) is 0 Å². The molecule has 1 rings (SSSR count). The van der Waals surface area contributed by atoms with Crippen molar-refractivity contribution in [1.82, 2.24) is 0 Å². The lowest BCUT2D eigenvalue weighted by Crippen LogP contribution is -2.15. The van der Waals surface area contributed by atoms with Crippen molar-refractivity contribution in [1.29, 1.82) is 0 Å². The fraction of sp³-hybridized carbons (Fsp3) is 0.467. The van der Waals surface area contributed by atoms with E-state index in [1.165, 1.54) is 0 Å². The van der Waals surface area contributed by atoms with Crippen LogP contribution in [0.4, 0.5) is 5.69 Å². The summed E-state index contributed by atoms with van der Waals surface area (Å²) < 4.78 is 4.96. The van der Waals surface area contributed by atoms with Crippen LogP contribution in [-0.2, 0) is 9.53 Å². The minimum atomic E-state index is -0.410. The summed E-state index contributed by atoms with van der Waals surface area (Å²) in [4.78, 5) is 23.5. The number of amides is 1. The number of ether oxygens (including phenoxy) is 1. The van der Waals surface area contributed by atoms with Crippen LogP contribution in [0.1, 0.15) is 49.9 Å². The predicted octanol–water partition coefficient (Wildman–Crippen LogP) is 3.38. The Morgan fingerprint density at radius 2 is 1.89 bits per heavy atom. The Morgan fingerprint density at radius 1 is 1.16 bits per heavy atom. The molecule has 0 saturated carbocycles. The molecular weight excluding hydrogens is 242 g/mol. The van der Waals surface area contributed by atoms with Crippen LogP contribution in [0.3, 0.4) is 0 Å². The van der Waals surface area contributed by atoms with Gasteiger partial charge in [-0.2, -0.15) is 0 Å². The van der Waals surface area contributed by atoms with Gasteiger partial charge in [0.15, 0.2) is 0 Å². The van der Waals surface area contributed by atoms with Crippen molar-refractivity contribution in [3.63, 3.8) is 0 Å². The Kier molecular flexibility index (Phi) is 6.64. The van der Waals surface area contributed by atoms with Gasteiger partial charge in [-0.1, -0.05) is 31.9 Å². The highest BCUT2D eigenvalue weighted by molar-refractivity contribution is 6.01. The first-order chi connectivity index (χ1) is 9.19. The maximum Gasteiger partial charge on any atom is 0.340 e. The van der Waals surface area contributed by atoms with Crippen LogP contribution >= 0.6 is 0 Å². The SMILES string of the molecule is CCCCCC(=O)Nc1ccccc1C(=O)OCC. The van der Waals surface area contributed by atoms with E-state index in [1.54, 1.807) is 31.2 Å². The first kappa shape index (κ1) is 15.2. The summed E-state index contributed by atoms with van der Waals surface area (Å²) in [5, 5.41) is 2.77. The lowest BCUT2D eigenvalue weighted by molar-refractivity contribution is -0.116. The van der Waals surface area contributed by atoms with Gasteiger partial charge in [-0.15, -0.1) is 0 Å². The van der Waals surface area contributed by atoms with Gasteiger partial charge >= 0.3 is 5.97 Å². The smallest absolute Gasteiger partial charge is 0.340 e. The molecule has 0 spiro atoms. The van der Waals surface area contributed by atoms with E-state index in [0.717, 1.165) is 19.3 Å². The summed E-state index contributed by atoms with van der Waals surface area (Å²) in [6.45, 7) is 4.16. The summed E-state index contributed by atoms with van der Waals surface area (Å²) in [6, 6.07) is 6.90. The molecule has 4 heteroatoms. The third kappa shape index (κ3) is 5.12. The van der Waals surface area contributed by atoms with Gasteiger partial charge in [-0.05, 0) is 25.5 Å². The van der Waals surface area contributed by atoms with Gasteiger partial charge in [0.1, 0.15) is 0 Å². The van der Waals surface area contributed by atoms with E-state index in [9.17, 15) is 9.59 Å². The number of para-hydroxylation sites is 1. The van der Waals surface area contributed by atoms with Crippen LogP contribution in [-0.4, -0.2) is 18.5 Å². The number of hydrogen-bond acceptors (Lipinski definition) is 3. The van der Waals surface area contributed by atoms with Crippen molar-refractivity contribution in [2.75, 3.05) is 11.9 Å². The zero-order valence-electron chi connectivity index (χ0n) is 11.6. The van der Waals surface area contributed by atoms with E-state index in [2.05, 4.69) is 12.2 Å². The zero-order chi connectivity index (χ0) is 14.1. The summed E-state index contributed by atoms with van der Waals surface area (Å²) in [5.41, 5.74) is 0.913. The van der Waals surface area contributed by atoms with E-state index >= 15 is 0 Å². The molecule has 0 atom stereocenters. The molecule has 0 bridgehead atoms. The second kappa shape index (κ2) is 8.29. The van der Waals surface area contributed by atoms with Crippen molar-refractivity contribution in [2.24, 2.45) is 0 Å². The average molecular weight is 263 g/mol. The van der Waals surface area contributed by atoms with Crippen molar-refractivity contribution < 1.29 is 14.3 Å². The lowest BCUT2D eigenvalue weighted by Gasteiger charge is -2.10. The first-order valence-corrected chi connectivity index (χ1v) is 6.75. The highest BCUT2D eigenvalue weighted by Crippen LogP contribution is 2.17. The van der Waals surface area contributed by atoms with Crippen LogP contribution in [0.15, 0.2) is 24.3 Å². The van der Waals surface area contributed by atoms with Gasteiger partial charge in [0, 0.05) is 6.42 Å². The first-order valence-electron chi connectivity index (χ1n) is 6.75. The van der Waals surface area contributed by atoms with E-state index in [-0.39, 0.29) is 5.91 Å². The van der Waals surface area contributed by atoms with Crippen molar-refractivity contribution in [3.05, 3.63) is 29.8 Å². The standard InChI is InChI=1S/C15H21NO3/c1-3-5-6-11-14(17)16-13-10-8-7-9-12(13)15(18)19-4-2/h7-10H,3-6,11H2,1-2H3,(H,16,17). The monoisotopic (exact) mass is 263 g/mol. The molecule has 0 unspecified atom stereocenters. The number of hydrogen-bond donors (Lipinski definition) is 1. The summed E-state index contributed by atoms with van der Waals surface area (Å²) in [6.07, 6.45) is 3.45. The van der Waals surface area contributed by atoms with Crippen molar-refractivity contribution in [3.8, 4) is 0 Å². The molecule has 4 nitrogen and oxygen atoms in total. The fourth-order valence-corrected chi connectivity index (χ4v) is 1.73. The molecule has 1 aromatic rings. The Balaban J connectivity index is 2.67. The molecule has 0 radical (unpaired) electrons. The molecule has 0 aliphatic carbocycles. The Labute approximate surface area is 114 Å². The zero-order valence-corrected chi connectivity index (χ0v) is 11.6. The minimum Gasteiger partial charge on any atom is -0.462 e. The van der Waals surface area contributed by atoms with Crippen LogP contribution in [0.25, 0.3) is 0 Å². The van der Waals surface area contributed by atoms with Gasteiger partial charge in [0.2, 0.25) is 5.91 Å². The number of rotatable bonds is 7. The quantitative estimate of drug-likeness (QED) is 0.606. The predicted molar refractivity (Wildman–Crippen MR) is 75.2 cm³/mol. The summed E-state index contributed by atoms with van der Waals surface area (Å²) >= 11 is 0. The van der Waals surface area contributed by atoms with Crippen molar-refractivity contribution >= 4 is 17.6 Å². The third-order valence-electron chi connectivity index (χ3n) is 2.70. The van der Waals surface area contributed by atoms with Gasteiger partial charge in [-0.3, -0.25) is 4.79 Å². The average Bonchev–Trinajstić information content (AvgIpc) is 2.40. The summed E-state index contributed by atoms with van der Waals surface area (Å²) in [7, 11) is 0. The van der Waals surface area contributed by atoms with Gasteiger partial charge < -0.3 is 10.1 Å². The van der Waals surface area contributed by atoms with Gasteiger partial charge in [-0.25, -0.2) is 4.79 Å². The maximum atomic E-state index is 11.8. The molecule has 1 amide bonds. The molecule has 1 N–H and O–H groups in total. The molecular formula is C15H21NO3. The van der Waals surface area contributed by atoms with E-state index in [4.69, 9.17) is 4.74 Å². The number of anilines is 1. The molecule has 1 aromatic carbocycles. The lowest BCUT2D eigenvalue weighted by atomic mass is 10.1. The number of nitrogens with one attached hydrogen (secondary N) is 1. The minimum absolute atomic E-state index is 0.0646. The Hall–Kier alpha value is -1.84. The number of carbonyl (C=O) groups is 2. The second-order valence-corrected chi connectivity index (χ2v) is 4.27. The highest BCUT2D eigenvalue weighted by atomic mass is 16.5. The molecule has 0 heterocycles.